The molecule has 1 N–H and O–H groups in total. The number of benzene rings is 2. The van der Waals surface area contributed by atoms with E-state index in [9.17, 15) is 26.7 Å². The molecule has 2 aromatic rings. The van der Waals surface area contributed by atoms with Crippen LogP contribution in [0.25, 0.3) is 0 Å². The highest BCUT2D eigenvalue weighted by Crippen LogP contribution is 2.21. The van der Waals surface area contributed by atoms with E-state index in [4.69, 9.17) is 10.00 Å². The minimum atomic E-state index is -2.29. The van der Waals surface area contributed by atoms with Crippen molar-refractivity contribution in [3.8, 4) is 11.8 Å². The number of rotatable bonds is 5. The van der Waals surface area contributed by atoms with Crippen LogP contribution in [-0.2, 0) is 4.79 Å². The van der Waals surface area contributed by atoms with Gasteiger partial charge in [-0.2, -0.15) is 10.4 Å². The van der Waals surface area contributed by atoms with Crippen LogP contribution >= 0.6 is 0 Å². The van der Waals surface area contributed by atoms with E-state index in [0.717, 1.165) is 0 Å². The highest BCUT2D eigenvalue weighted by atomic mass is 19.2. The highest BCUT2D eigenvalue weighted by Gasteiger charge is 2.24. The van der Waals surface area contributed by atoms with Gasteiger partial charge in [0.15, 0.2) is 29.9 Å². The summed E-state index contributed by atoms with van der Waals surface area (Å²) < 4.78 is 70.7. The zero-order valence-corrected chi connectivity index (χ0v) is 12.7. The molecule has 5 nitrogen and oxygen atoms in total. The summed E-state index contributed by atoms with van der Waals surface area (Å²) in [6, 6.07) is 7.67. The summed E-state index contributed by atoms with van der Waals surface area (Å²) in [5.74, 6) is -11.3. The number of halogens is 5. The van der Waals surface area contributed by atoms with Crippen molar-refractivity contribution in [2.45, 2.75) is 0 Å². The summed E-state index contributed by atoms with van der Waals surface area (Å²) in [6.07, 6.45) is 0.288. The fourth-order valence-corrected chi connectivity index (χ4v) is 1.71. The molecule has 10 heteroatoms. The minimum Gasteiger partial charge on any atom is -0.484 e. The maximum Gasteiger partial charge on any atom is 0.277 e. The molecular weight excluding hydrogens is 361 g/mol. The van der Waals surface area contributed by atoms with Crippen molar-refractivity contribution < 1.29 is 31.5 Å². The van der Waals surface area contributed by atoms with E-state index in [0.29, 0.717) is 5.56 Å². The van der Waals surface area contributed by atoms with Crippen LogP contribution in [0.15, 0.2) is 29.4 Å². The third kappa shape index (κ3) is 4.13. The van der Waals surface area contributed by atoms with Crippen LogP contribution in [0.4, 0.5) is 22.0 Å². The van der Waals surface area contributed by atoms with Crippen LogP contribution in [0.5, 0.6) is 5.75 Å². The maximum absolute atomic E-state index is 13.4. The van der Waals surface area contributed by atoms with Gasteiger partial charge in [0.25, 0.3) is 5.91 Å². The summed E-state index contributed by atoms with van der Waals surface area (Å²) in [6.45, 7) is -0.541. The lowest BCUT2D eigenvalue weighted by molar-refractivity contribution is -0.123. The predicted octanol–water partition coefficient (Wildman–Crippen LogP) is 2.78. The first-order valence-electron chi connectivity index (χ1n) is 6.81. The molecule has 0 saturated heterocycles. The quantitative estimate of drug-likeness (QED) is 0.290. The Hall–Kier alpha value is -3.48. The van der Waals surface area contributed by atoms with Crippen molar-refractivity contribution >= 4 is 12.1 Å². The van der Waals surface area contributed by atoms with Gasteiger partial charge in [0.1, 0.15) is 5.75 Å². The van der Waals surface area contributed by atoms with E-state index < -0.39 is 47.2 Å². The van der Waals surface area contributed by atoms with Crippen molar-refractivity contribution in [1.29, 1.82) is 5.26 Å². The van der Waals surface area contributed by atoms with Crippen molar-refractivity contribution in [2.24, 2.45) is 5.10 Å². The number of nitrogens with one attached hydrogen (secondary N) is 1. The monoisotopic (exact) mass is 369 g/mol. The first-order chi connectivity index (χ1) is 12.3. The van der Waals surface area contributed by atoms with E-state index in [2.05, 4.69) is 5.10 Å². The summed E-state index contributed by atoms with van der Waals surface area (Å²) >= 11 is 0. The minimum absolute atomic E-state index is 0.267. The Labute approximate surface area is 143 Å². The van der Waals surface area contributed by atoms with Crippen molar-refractivity contribution in [3.63, 3.8) is 0 Å². The molecule has 0 saturated carbocycles. The average molecular weight is 369 g/mol. The van der Waals surface area contributed by atoms with Gasteiger partial charge >= 0.3 is 0 Å². The van der Waals surface area contributed by atoms with Crippen LogP contribution in [0, 0.1) is 40.4 Å². The van der Waals surface area contributed by atoms with Crippen LogP contribution in [0.1, 0.15) is 11.1 Å². The molecule has 0 bridgehead atoms. The van der Waals surface area contributed by atoms with E-state index in [1.54, 1.807) is 0 Å². The van der Waals surface area contributed by atoms with Gasteiger partial charge in [-0.1, -0.05) is 0 Å². The van der Waals surface area contributed by atoms with Crippen LogP contribution < -0.4 is 10.2 Å². The Kier molecular flexibility index (Phi) is 5.85. The lowest BCUT2D eigenvalue weighted by Crippen LogP contribution is -2.24. The fraction of sp³-hybridized carbons (Fsp3) is 0.0625. The molecule has 2 rings (SSSR count). The molecule has 0 spiro atoms. The number of hydrogen-bond donors (Lipinski definition) is 1. The van der Waals surface area contributed by atoms with Crippen LogP contribution in [-0.4, -0.2) is 18.7 Å². The fourth-order valence-electron chi connectivity index (χ4n) is 1.71. The van der Waals surface area contributed by atoms with Gasteiger partial charge in [0.2, 0.25) is 5.82 Å². The summed E-state index contributed by atoms with van der Waals surface area (Å²) in [5, 5.41) is 11.8. The predicted molar refractivity (Wildman–Crippen MR) is 78.6 cm³/mol. The average Bonchev–Trinajstić information content (AvgIpc) is 2.66. The number of carbonyl (C=O) groups is 1. The number of carbonyl (C=O) groups excluding carboxylic acids is 1. The number of nitriles is 1. The third-order valence-electron chi connectivity index (χ3n) is 2.98. The van der Waals surface area contributed by atoms with Crippen molar-refractivity contribution in [1.82, 2.24) is 5.43 Å². The van der Waals surface area contributed by atoms with E-state index >= 15 is 0 Å². The van der Waals surface area contributed by atoms with E-state index in [1.165, 1.54) is 24.3 Å². The molecule has 0 unspecified atom stereocenters. The van der Waals surface area contributed by atoms with Gasteiger partial charge in [-0.15, -0.1) is 0 Å². The summed E-state index contributed by atoms with van der Waals surface area (Å²) in [5.41, 5.74) is 0.900. The van der Waals surface area contributed by atoms with Gasteiger partial charge in [-0.3, -0.25) is 4.79 Å². The Morgan fingerprint density at radius 3 is 2.12 bits per heavy atom. The number of hydrogen-bond acceptors (Lipinski definition) is 4. The SMILES string of the molecule is N#Cc1ccc(OCC(=O)N/N=C/c2c(F)c(F)c(F)c(F)c2F)cc1. The number of ether oxygens (including phenoxy) is 1. The Morgan fingerprint density at radius 2 is 1.58 bits per heavy atom. The normalized spacial score (nSPS) is 10.6. The number of nitrogens with zero attached hydrogens (tertiary/aromatic N) is 2. The van der Waals surface area contributed by atoms with Gasteiger partial charge in [0.05, 0.1) is 23.4 Å². The molecular formula is C16H8F5N3O2. The zero-order chi connectivity index (χ0) is 19.3. The van der Waals surface area contributed by atoms with Crippen molar-refractivity contribution in [3.05, 3.63) is 64.5 Å². The van der Waals surface area contributed by atoms with Crippen LogP contribution in [0.2, 0.25) is 0 Å². The lowest BCUT2D eigenvalue weighted by Gasteiger charge is -2.05. The molecule has 0 heterocycles. The zero-order valence-electron chi connectivity index (χ0n) is 12.7. The number of hydrazone groups is 1. The summed E-state index contributed by atoms with van der Waals surface area (Å²) in [4.78, 5) is 11.5. The lowest BCUT2D eigenvalue weighted by atomic mass is 10.2. The Balaban J connectivity index is 1.98. The molecule has 26 heavy (non-hydrogen) atoms. The molecule has 0 aliphatic heterocycles. The van der Waals surface area contributed by atoms with E-state index in [1.807, 2.05) is 11.5 Å². The second-order valence-corrected chi connectivity index (χ2v) is 4.70. The van der Waals surface area contributed by atoms with E-state index in [-0.39, 0.29) is 12.0 Å². The molecule has 134 valence electrons. The van der Waals surface area contributed by atoms with Gasteiger partial charge in [-0.25, -0.2) is 27.4 Å². The first-order valence-corrected chi connectivity index (χ1v) is 6.81. The Morgan fingerprint density at radius 1 is 1.04 bits per heavy atom. The molecule has 0 atom stereocenters. The third-order valence-corrected chi connectivity index (χ3v) is 2.98. The van der Waals surface area contributed by atoms with Crippen molar-refractivity contribution in [2.75, 3.05) is 6.61 Å². The van der Waals surface area contributed by atoms with Gasteiger partial charge < -0.3 is 4.74 Å². The topological polar surface area (TPSA) is 74.5 Å². The maximum atomic E-state index is 13.4. The second-order valence-electron chi connectivity index (χ2n) is 4.70. The van der Waals surface area contributed by atoms with Gasteiger partial charge in [-0.05, 0) is 24.3 Å². The molecule has 0 radical (unpaired) electrons. The Bertz CT molecular complexity index is 879. The summed E-state index contributed by atoms with van der Waals surface area (Å²) in [7, 11) is 0. The number of amides is 1. The molecule has 0 aliphatic rings. The first kappa shape index (κ1) is 18.9. The molecule has 0 aromatic heterocycles. The molecule has 2 aromatic carbocycles. The van der Waals surface area contributed by atoms with Gasteiger partial charge in [0, 0.05) is 0 Å². The largest absolute Gasteiger partial charge is 0.484 e. The molecule has 0 aliphatic carbocycles. The van der Waals surface area contributed by atoms with Crippen LogP contribution in [0.3, 0.4) is 0 Å². The molecule has 1 amide bonds. The second kappa shape index (κ2) is 8.06. The molecule has 0 fully saturated rings. The highest BCUT2D eigenvalue weighted by molar-refractivity contribution is 5.83. The smallest absolute Gasteiger partial charge is 0.277 e. The standard InChI is InChI=1S/C16H8F5N3O2/c17-12-10(13(18)15(20)16(21)14(12)19)6-23-24-11(25)7-26-9-3-1-8(5-22)2-4-9/h1-4,6H,7H2,(H,24,25)/b23-6+.